The van der Waals surface area contributed by atoms with Gasteiger partial charge in [-0.05, 0) is 74.7 Å². The van der Waals surface area contributed by atoms with Crippen molar-refractivity contribution in [3.63, 3.8) is 0 Å². The molecule has 0 saturated carbocycles. The molecule has 0 aliphatic carbocycles. The predicted octanol–water partition coefficient (Wildman–Crippen LogP) is 5.77. The minimum Gasteiger partial charge on any atom is -0.493 e. The Morgan fingerprint density at radius 3 is 2.67 bits per heavy atom. The number of ether oxygens (including phenoxy) is 1. The first kappa shape index (κ1) is 27.9. The second-order valence-electron chi connectivity index (χ2n) is 9.76. The van der Waals surface area contributed by atoms with Crippen LogP contribution in [0.1, 0.15) is 41.8 Å². The van der Waals surface area contributed by atoms with Crippen LogP contribution in [-0.4, -0.2) is 40.2 Å². The predicted molar refractivity (Wildman–Crippen MR) is 153 cm³/mol. The van der Waals surface area contributed by atoms with Crippen molar-refractivity contribution in [1.82, 2.24) is 15.3 Å². The van der Waals surface area contributed by atoms with Gasteiger partial charge in [0.1, 0.15) is 17.9 Å². The fraction of sp³-hybridized carbons (Fsp3) is 0.233. The summed E-state index contributed by atoms with van der Waals surface area (Å²) in [4.78, 5) is 32.3. The molecule has 0 atom stereocenters. The minimum absolute atomic E-state index is 0.274. The second-order valence-corrected chi connectivity index (χ2v) is 9.76. The van der Waals surface area contributed by atoms with Crippen molar-refractivity contribution in [2.75, 3.05) is 23.8 Å². The van der Waals surface area contributed by atoms with Gasteiger partial charge in [0.05, 0.1) is 23.6 Å². The van der Waals surface area contributed by atoms with Crippen molar-refractivity contribution < 1.29 is 19.4 Å². The van der Waals surface area contributed by atoms with Crippen LogP contribution in [0.25, 0.3) is 10.9 Å². The number of fused-ring (bicyclic) bond motifs is 1. The molecule has 4 aromatic rings. The Balaban J connectivity index is 1.48. The molecule has 10 heteroatoms. The van der Waals surface area contributed by atoms with E-state index in [2.05, 4.69) is 32.0 Å². The molecule has 1 aromatic heterocycles. The summed E-state index contributed by atoms with van der Waals surface area (Å²) in [6.07, 6.45) is 0.939. The topological polar surface area (TPSA) is 149 Å². The van der Waals surface area contributed by atoms with Gasteiger partial charge in [0, 0.05) is 34.9 Å². The zero-order valence-electron chi connectivity index (χ0n) is 22.5. The third kappa shape index (κ3) is 6.82. The largest absolute Gasteiger partial charge is 0.493 e. The quantitative estimate of drug-likeness (QED) is 0.186. The Morgan fingerprint density at radius 2 is 1.90 bits per heavy atom. The van der Waals surface area contributed by atoms with E-state index in [1.807, 2.05) is 57.2 Å². The third-order valence-electron chi connectivity index (χ3n) is 6.35. The molecule has 4 rings (SSSR count). The lowest BCUT2D eigenvalue weighted by atomic mass is 9.85. The van der Waals surface area contributed by atoms with E-state index in [0.717, 1.165) is 22.2 Å². The summed E-state index contributed by atoms with van der Waals surface area (Å²) in [5, 5.41) is 27.5. The first-order valence-electron chi connectivity index (χ1n) is 12.7. The van der Waals surface area contributed by atoms with Crippen LogP contribution < -0.4 is 20.7 Å². The van der Waals surface area contributed by atoms with Crippen LogP contribution in [0.5, 0.6) is 5.75 Å². The maximum Gasteiger partial charge on any atom is 0.404 e. The first-order valence-corrected chi connectivity index (χ1v) is 12.7. The molecule has 2 amide bonds. The van der Waals surface area contributed by atoms with E-state index in [1.54, 1.807) is 24.3 Å². The number of anilines is 3. The lowest BCUT2D eigenvalue weighted by Crippen LogP contribution is -2.23. The fourth-order valence-corrected chi connectivity index (χ4v) is 3.96. The fourth-order valence-electron chi connectivity index (χ4n) is 3.96. The van der Waals surface area contributed by atoms with Gasteiger partial charge < -0.3 is 25.8 Å². The summed E-state index contributed by atoms with van der Waals surface area (Å²) >= 11 is 0. The highest BCUT2D eigenvalue weighted by atomic mass is 16.5. The highest BCUT2D eigenvalue weighted by molar-refractivity contribution is 6.04. The van der Waals surface area contributed by atoms with Gasteiger partial charge in [-0.1, -0.05) is 18.2 Å². The van der Waals surface area contributed by atoms with Crippen LogP contribution in [-0.2, 0) is 5.41 Å². The summed E-state index contributed by atoms with van der Waals surface area (Å²) < 4.78 is 5.72. The molecule has 204 valence electrons. The molecule has 10 nitrogen and oxygen atoms in total. The van der Waals surface area contributed by atoms with E-state index in [1.165, 1.54) is 6.33 Å². The number of hydrogen-bond donors (Lipinski definition) is 4. The average molecular weight is 539 g/mol. The van der Waals surface area contributed by atoms with Gasteiger partial charge in [0.2, 0.25) is 0 Å². The number of rotatable bonds is 10. The van der Waals surface area contributed by atoms with Gasteiger partial charge in [-0.2, -0.15) is 5.26 Å². The molecule has 0 unspecified atom stereocenters. The van der Waals surface area contributed by atoms with E-state index < -0.39 is 11.5 Å². The molecule has 0 radical (unpaired) electrons. The van der Waals surface area contributed by atoms with Crippen LogP contribution in [0.15, 0.2) is 67.0 Å². The number of aromatic nitrogens is 2. The Hall–Kier alpha value is -5.17. The number of carbonyl (C=O) groups excluding carboxylic acids is 1. The normalized spacial score (nSPS) is 10.9. The van der Waals surface area contributed by atoms with Crippen molar-refractivity contribution in [1.29, 1.82) is 5.26 Å². The summed E-state index contributed by atoms with van der Waals surface area (Å²) in [6, 6.07) is 20.4. The van der Waals surface area contributed by atoms with Crippen molar-refractivity contribution in [3.8, 4) is 11.8 Å². The molecule has 1 heterocycles. The standard InChI is InChI=1S/C30H30N6O4/c1-19-8-9-22(35-28(37)20-6-4-7-21(14-20)30(2,3)17-31)15-25(19)36-27-24-11-10-23(16-26(24)33-18-34-27)40-13-5-12-32-29(38)39/h4,6-11,14-16,18,32H,5,12-13H2,1-3H3,(H,35,37)(H,38,39)(H,33,34,36). The van der Waals surface area contributed by atoms with Gasteiger partial charge >= 0.3 is 6.09 Å². The third-order valence-corrected chi connectivity index (χ3v) is 6.35. The van der Waals surface area contributed by atoms with Crippen LogP contribution in [0, 0.1) is 18.3 Å². The Bertz CT molecular complexity index is 1600. The number of carboxylic acid groups (broad SMARTS) is 1. The number of nitriles is 1. The number of aryl methyl sites for hydroxylation is 1. The first-order chi connectivity index (χ1) is 19.2. The van der Waals surface area contributed by atoms with E-state index in [9.17, 15) is 14.9 Å². The van der Waals surface area contributed by atoms with E-state index in [0.29, 0.717) is 47.9 Å². The molecule has 40 heavy (non-hydrogen) atoms. The monoisotopic (exact) mass is 538 g/mol. The van der Waals surface area contributed by atoms with Crippen molar-refractivity contribution >= 4 is 40.1 Å². The summed E-state index contributed by atoms with van der Waals surface area (Å²) in [6.45, 7) is 6.25. The van der Waals surface area contributed by atoms with Crippen LogP contribution in [0.4, 0.5) is 22.0 Å². The average Bonchev–Trinajstić information content (AvgIpc) is 2.94. The van der Waals surface area contributed by atoms with Gasteiger partial charge in [-0.25, -0.2) is 14.8 Å². The number of carbonyl (C=O) groups is 2. The Labute approximate surface area is 232 Å². The molecule has 0 spiro atoms. The number of benzene rings is 3. The Kier molecular flexibility index (Phi) is 8.45. The molecule has 3 aromatic carbocycles. The SMILES string of the molecule is Cc1ccc(NC(=O)c2cccc(C(C)(C)C#N)c2)cc1Nc1ncnc2cc(OCCCNC(=O)O)ccc12. The molecule has 0 saturated heterocycles. The molecule has 0 aliphatic heterocycles. The maximum absolute atomic E-state index is 13.0. The van der Waals surface area contributed by atoms with Crippen LogP contribution in [0.2, 0.25) is 0 Å². The number of nitrogens with one attached hydrogen (secondary N) is 3. The molecule has 4 N–H and O–H groups in total. The van der Waals surface area contributed by atoms with Crippen molar-refractivity contribution in [3.05, 3.63) is 83.7 Å². The number of amides is 2. The smallest absolute Gasteiger partial charge is 0.404 e. The number of hydrogen-bond acceptors (Lipinski definition) is 7. The van der Waals surface area contributed by atoms with Crippen molar-refractivity contribution in [2.24, 2.45) is 0 Å². The molecular formula is C30H30N6O4. The maximum atomic E-state index is 13.0. The minimum atomic E-state index is -1.06. The molecule has 0 bridgehead atoms. The van der Waals surface area contributed by atoms with Crippen LogP contribution >= 0.6 is 0 Å². The highest BCUT2D eigenvalue weighted by Gasteiger charge is 2.21. The summed E-state index contributed by atoms with van der Waals surface area (Å²) in [5.74, 6) is 0.944. The second kappa shape index (κ2) is 12.1. The number of nitrogens with zero attached hydrogens (tertiary/aromatic N) is 3. The molecule has 0 fully saturated rings. The van der Waals surface area contributed by atoms with Gasteiger partial charge in [-0.15, -0.1) is 0 Å². The lowest BCUT2D eigenvalue weighted by molar-refractivity contribution is 0.102. The van der Waals surface area contributed by atoms with Gasteiger partial charge in [0.25, 0.3) is 5.91 Å². The summed E-state index contributed by atoms with van der Waals surface area (Å²) in [5.41, 5.74) is 3.54. The van der Waals surface area contributed by atoms with Crippen LogP contribution in [0.3, 0.4) is 0 Å². The van der Waals surface area contributed by atoms with E-state index >= 15 is 0 Å². The zero-order valence-corrected chi connectivity index (χ0v) is 22.5. The Morgan fingerprint density at radius 1 is 1.07 bits per heavy atom. The lowest BCUT2D eigenvalue weighted by Gasteiger charge is -2.17. The van der Waals surface area contributed by atoms with E-state index in [-0.39, 0.29) is 5.91 Å². The van der Waals surface area contributed by atoms with Gasteiger partial charge in [0.15, 0.2) is 0 Å². The highest BCUT2D eigenvalue weighted by Crippen LogP contribution is 2.29. The zero-order chi connectivity index (χ0) is 28.7. The van der Waals surface area contributed by atoms with E-state index in [4.69, 9.17) is 9.84 Å². The van der Waals surface area contributed by atoms with Crippen molar-refractivity contribution in [2.45, 2.75) is 32.6 Å². The molecular weight excluding hydrogens is 508 g/mol. The summed E-state index contributed by atoms with van der Waals surface area (Å²) in [7, 11) is 0. The molecule has 0 aliphatic rings. The van der Waals surface area contributed by atoms with Gasteiger partial charge in [-0.3, -0.25) is 4.79 Å².